The molecule has 0 N–H and O–H groups in total. The molecule has 0 unspecified atom stereocenters. The van der Waals surface area contributed by atoms with Crippen LogP contribution >= 0.6 is 38.9 Å². The summed E-state index contributed by atoms with van der Waals surface area (Å²) in [6.45, 7) is 3.98. The number of esters is 1. The molecule has 1 aliphatic heterocycles. The van der Waals surface area contributed by atoms with Gasteiger partial charge in [0.25, 0.3) is 5.56 Å². The quantitative estimate of drug-likeness (QED) is 0.225. The first-order valence-corrected chi connectivity index (χ1v) is 14.8. The van der Waals surface area contributed by atoms with E-state index in [1.54, 1.807) is 37.7 Å². The van der Waals surface area contributed by atoms with Crippen LogP contribution in [0.1, 0.15) is 36.6 Å². The minimum absolute atomic E-state index is 0.198. The Hall–Kier alpha value is -3.66. The zero-order valence-electron chi connectivity index (χ0n) is 22.5. The van der Waals surface area contributed by atoms with Crippen molar-refractivity contribution in [3.05, 3.63) is 124 Å². The van der Waals surface area contributed by atoms with Crippen molar-refractivity contribution in [3.8, 4) is 11.5 Å². The minimum atomic E-state index is -0.735. The molecule has 210 valence electrons. The first-order valence-electron chi connectivity index (χ1n) is 12.8. The smallest absolute Gasteiger partial charge is 0.338 e. The maximum Gasteiger partial charge on any atom is 0.338 e. The number of nitrogens with zero attached hydrogens (tertiary/aromatic N) is 2. The lowest BCUT2D eigenvalue weighted by molar-refractivity contribution is -0.139. The van der Waals surface area contributed by atoms with E-state index in [1.165, 1.54) is 11.3 Å². The molecule has 0 radical (unpaired) electrons. The Balaban J connectivity index is 1.62. The Labute approximate surface area is 254 Å². The molecule has 0 saturated carbocycles. The van der Waals surface area contributed by atoms with E-state index in [9.17, 15) is 9.59 Å². The van der Waals surface area contributed by atoms with Gasteiger partial charge in [0.2, 0.25) is 0 Å². The highest BCUT2D eigenvalue weighted by Crippen LogP contribution is 2.35. The van der Waals surface area contributed by atoms with Crippen LogP contribution in [-0.2, 0) is 16.1 Å². The lowest BCUT2D eigenvalue weighted by Gasteiger charge is -2.25. The highest BCUT2D eigenvalue weighted by molar-refractivity contribution is 9.10. The normalized spacial score (nSPS) is 14.9. The van der Waals surface area contributed by atoms with Gasteiger partial charge in [0.1, 0.15) is 18.1 Å². The molecule has 0 aliphatic carbocycles. The van der Waals surface area contributed by atoms with E-state index in [-0.39, 0.29) is 18.8 Å². The maximum absolute atomic E-state index is 14.0. The van der Waals surface area contributed by atoms with Gasteiger partial charge in [0.05, 0.1) is 40.0 Å². The molecule has 0 fully saturated rings. The second-order valence-electron chi connectivity index (χ2n) is 9.11. The third-order valence-electron chi connectivity index (χ3n) is 6.56. The zero-order valence-corrected chi connectivity index (χ0v) is 25.7. The van der Waals surface area contributed by atoms with Gasteiger partial charge in [-0.05, 0) is 65.7 Å². The van der Waals surface area contributed by atoms with Crippen molar-refractivity contribution in [2.75, 3.05) is 13.7 Å². The third-order valence-corrected chi connectivity index (χ3v) is 8.53. The summed E-state index contributed by atoms with van der Waals surface area (Å²) < 4.78 is 19.6. The van der Waals surface area contributed by atoms with E-state index in [4.69, 9.17) is 25.8 Å². The van der Waals surface area contributed by atoms with Crippen LogP contribution in [0.2, 0.25) is 5.02 Å². The van der Waals surface area contributed by atoms with Crippen molar-refractivity contribution in [2.24, 2.45) is 4.99 Å². The molecule has 3 aromatic carbocycles. The summed E-state index contributed by atoms with van der Waals surface area (Å²) in [5.74, 6) is 0.725. The van der Waals surface area contributed by atoms with Gasteiger partial charge in [-0.3, -0.25) is 9.36 Å². The minimum Gasteiger partial charge on any atom is -0.496 e. The van der Waals surface area contributed by atoms with E-state index in [0.717, 1.165) is 11.1 Å². The standard InChI is InChI=1S/C31H26BrClN2O5S/c1-4-39-30(37)27-18(2)34-31-35(28(27)20-13-14-25(38-3)22(32)15-20)29(36)26(41-31)16-19-9-6-8-12-24(19)40-17-21-10-5-7-11-23(21)33/h5-16,28H,4,17H2,1-3H3/b26-16+/t28-/m1/s1. The maximum atomic E-state index is 14.0. The highest BCUT2D eigenvalue weighted by atomic mass is 79.9. The number of para-hydroxylation sites is 1. The van der Waals surface area contributed by atoms with Crippen LogP contribution in [0, 0.1) is 0 Å². The molecular formula is C31H26BrClN2O5S. The lowest BCUT2D eigenvalue weighted by Crippen LogP contribution is -2.40. The molecule has 7 nitrogen and oxygen atoms in total. The molecule has 0 amide bonds. The Bertz CT molecular complexity index is 1850. The van der Waals surface area contributed by atoms with Gasteiger partial charge in [-0.15, -0.1) is 0 Å². The number of allylic oxidation sites excluding steroid dienone is 1. The summed E-state index contributed by atoms with van der Waals surface area (Å²) >= 11 is 11.1. The Morgan fingerprint density at radius 2 is 1.88 bits per heavy atom. The van der Waals surface area contributed by atoms with E-state index in [1.807, 2.05) is 60.7 Å². The molecule has 1 aliphatic rings. The fraction of sp³-hybridized carbons (Fsp3) is 0.194. The zero-order chi connectivity index (χ0) is 29.1. The van der Waals surface area contributed by atoms with Gasteiger partial charge in [-0.2, -0.15) is 0 Å². The number of aromatic nitrogens is 1. The first-order chi connectivity index (χ1) is 19.8. The molecule has 0 bridgehead atoms. The number of benzene rings is 3. The number of ether oxygens (including phenoxy) is 3. The average Bonchev–Trinajstić information content (AvgIpc) is 3.26. The predicted molar refractivity (Wildman–Crippen MR) is 163 cm³/mol. The van der Waals surface area contributed by atoms with Crippen LogP contribution in [-0.4, -0.2) is 24.3 Å². The van der Waals surface area contributed by atoms with E-state index >= 15 is 0 Å². The molecule has 2 heterocycles. The van der Waals surface area contributed by atoms with Crippen LogP contribution in [0.4, 0.5) is 0 Å². The molecule has 0 saturated heterocycles. The van der Waals surface area contributed by atoms with Crippen LogP contribution in [0.15, 0.2) is 92.3 Å². The number of methoxy groups -OCH3 is 1. The monoisotopic (exact) mass is 652 g/mol. The van der Waals surface area contributed by atoms with Crippen LogP contribution in [0.25, 0.3) is 6.08 Å². The molecule has 1 atom stereocenters. The van der Waals surface area contributed by atoms with Crippen LogP contribution in [0.3, 0.4) is 0 Å². The fourth-order valence-electron chi connectivity index (χ4n) is 4.60. The summed E-state index contributed by atoms with van der Waals surface area (Å²) in [5.41, 5.74) is 2.83. The van der Waals surface area contributed by atoms with E-state index < -0.39 is 12.0 Å². The molecule has 1 aromatic heterocycles. The summed E-state index contributed by atoms with van der Waals surface area (Å²) in [7, 11) is 1.58. The number of hydrogen-bond acceptors (Lipinski definition) is 7. The number of thiazole rings is 1. The van der Waals surface area contributed by atoms with Crippen LogP contribution in [0.5, 0.6) is 11.5 Å². The molecule has 10 heteroatoms. The lowest BCUT2D eigenvalue weighted by atomic mass is 9.96. The number of hydrogen-bond donors (Lipinski definition) is 0. The molecular weight excluding hydrogens is 628 g/mol. The predicted octanol–water partition coefficient (Wildman–Crippen LogP) is 5.80. The number of carbonyl (C=O) groups excluding carboxylic acids is 1. The van der Waals surface area contributed by atoms with Crippen molar-refractivity contribution >= 4 is 50.9 Å². The first kappa shape index (κ1) is 28.9. The largest absolute Gasteiger partial charge is 0.496 e. The van der Waals surface area contributed by atoms with Gasteiger partial charge < -0.3 is 14.2 Å². The number of fused-ring (bicyclic) bond motifs is 1. The number of halogens is 2. The Morgan fingerprint density at radius 1 is 1.12 bits per heavy atom. The third kappa shape index (κ3) is 5.88. The van der Waals surface area contributed by atoms with Gasteiger partial charge >= 0.3 is 5.97 Å². The van der Waals surface area contributed by atoms with Crippen molar-refractivity contribution in [3.63, 3.8) is 0 Å². The average molecular weight is 654 g/mol. The van der Waals surface area contributed by atoms with E-state index in [0.29, 0.717) is 47.2 Å². The molecule has 41 heavy (non-hydrogen) atoms. The highest BCUT2D eigenvalue weighted by Gasteiger charge is 2.33. The summed E-state index contributed by atoms with van der Waals surface area (Å²) in [6.07, 6.45) is 1.79. The van der Waals surface area contributed by atoms with Crippen molar-refractivity contribution in [1.29, 1.82) is 0 Å². The van der Waals surface area contributed by atoms with Crippen molar-refractivity contribution in [2.45, 2.75) is 26.5 Å². The van der Waals surface area contributed by atoms with Gasteiger partial charge in [0.15, 0.2) is 4.80 Å². The summed E-state index contributed by atoms with van der Waals surface area (Å²) in [6, 6.07) is 19.7. The molecule has 5 rings (SSSR count). The molecule has 4 aromatic rings. The topological polar surface area (TPSA) is 79.1 Å². The Morgan fingerprint density at radius 3 is 2.61 bits per heavy atom. The van der Waals surface area contributed by atoms with Crippen molar-refractivity contribution < 1.29 is 19.0 Å². The SMILES string of the molecule is CCOC(=O)C1=C(C)N=c2s/c(=C/c3ccccc3OCc3ccccc3Cl)c(=O)n2[C@@H]1c1ccc(OC)c(Br)c1. The van der Waals surface area contributed by atoms with E-state index in [2.05, 4.69) is 20.9 Å². The second kappa shape index (κ2) is 12.5. The number of carbonyl (C=O) groups is 1. The summed E-state index contributed by atoms with van der Waals surface area (Å²) in [5, 5.41) is 0.622. The van der Waals surface area contributed by atoms with Crippen LogP contribution < -0.4 is 24.4 Å². The summed E-state index contributed by atoms with van der Waals surface area (Å²) in [4.78, 5) is 32.3. The Kier molecular flexibility index (Phi) is 8.77. The molecule has 0 spiro atoms. The van der Waals surface area contributed by atoms with Crippen molar-refractivity contribution in [1.82, 2.24) is 4.57 Å². The number of rotatable bonds is 8. The second-order valence-corrected chi connectivity index (χ2v) is 11.4. The van der Waals surface area contributed by atoms with Gasteiger partial charge in [-0.1, -0.05) is 65.4 Å². The van der Waals surface area contributed by atoms with Gasteiger partial charge in [0, 0.05) is 16.1 Å². The fourth-order valence-corrected chi connectivity index (χ4v) is 6.39. The van der Waals surface area contributed by atoms with Gasteiger partial charge in [-0.25, -0.2) is 9.79 Å².